The van der Waals surface area contributed by atoms with Gasteiger partial charge in [-0.3, -0.25) is 10.2 Å². The SMILES string of the molecule is CCc1nnc([C@@H]2C(=N)S/C(=C\c3ccc(OC(C)C)cc3)C2=O)s1. The molecule has 7 heteroatoms. The highest BCUT2D eigenvalue weighted by molar-refractivity contribution is 8.19. The Morgan fingerprint density at radius 1 is 1.28 bits per heavy atom. The molecule has 1 aromatic heterocycles. The number of carbonyl (C=O) groups excluding carboxylic acids is 1. The summed E-state index contributed by atoms with van der Waals surface area (Å²) in [4.78, 5) is 13.3. The van der Waals surface area contributed by atoms with E-state index in [-0.39, 0.29) is 11.9 Å². The number of hydrogen-bond donors (Lipinski definition) is 1. The molecule has 25 heavy (non-hydrogen) atoms. The van der Waals surface area contributed by atoms with Gasteiger partial charge in [0, 0.05) is 0 Å². The Morgan fingerprint density at radius 3 is 2.60 bits per heavy atom. The third-order valence-corrected chi connectivity index (χ3v) is 5.70. The lowest BCUT2D eigenvalue weighted by Gasteiger charge is -2.09. The van der Waals surface area contributed by atoms with Crippen molar-refractivity contribution in [1.29, 1.82) is 5.41 Å². The van der Waals surface area contributed by atoms with Crippen LogP contribution in [-0.2, 0) is 11.2 Å². The first-order valence-corrected chi connectivity index (χ1v) is 9.72. The van der Waals surface area contributed by atoms with Crippen LogP contribution in [0.2, 0.25) is 0 Å². The van der Waals surface area contributed by atoms with E-state index in [4.69, 9.17) is 10.1 Å². The number of allylic oxidation sites excluding steroid dienone is 1. The predicted octanol–water partition coefficient (Wildman–Crippen LogP) is 4.31. The molecule has 1 N–H and O–H groups in total. The first kappa shape index (κ1) is 17.8. The number of rotatable bonds is 5. The van der Waals surface area contributed by atoms with Crippen LogP contribution in [0.25, 0.3) is 6.08 Å². The van der Waals surface area contributed by atoms with Crippen molar-refractivity contribution in [3.05, 3.63) is 44.7 Å². The Kier molecular flexibility index (Phi) is 5.34. The number of benzene rings is 1. The number of aryl methyl sites for hydroxylation is 1. The monoisotopic (exact) mass is 373 g/mol. The number of nitrogens with zero attached hydrogens (tertiary/aromatic N) is 2. The normalized spacial score (nSPS) is 19.2. The molecular weight excluding hydrogens is 354 g/mol. The van der Waals surface area contributed by atoms with E-state index in [1.807, 2.05) is 51.1 Å². The van der Waals surface area contributed by atoms with Gasteiger partial charge in [-0.05, 0) is 44.0 Å². The summed E-state index contributed by atoms with van der Waals surface area (Å²) in [5.74, 6) is 0.128. The molecule has 2 heterocycles. The molecule has 0 radical (unpaired) electrons. The number of hydrogen-bond acceptors (Lipinski definition) is 7. The largest absolute Gasteiger partial charge is 0.491 e. The summed E-state index contributed by atoms with van der Waals surface area (Å²) in [5, 5.41) is 18.2. The molecule has 3 rings (SSSR count). The van der Waals surface area contributed by atoms with E-state index in [1.54, 1.807) is 0 Å². The Balaban J connectivity index is 1.80. The number of ether oxygens (including phenoxy) is 1. The zero-order valence-corrected chi connectivity index (χ0v) is 15.9. The van der Waals surface area contributed by atoms with Gasteiger partial charge in [0.15, 0.2) is 5.78 Å². The summed E-state index contributed by atoms with van der Waals surface area (Å²) in [6, 6.07) is 7.60. The smallest absolute Gasteiger partial charge is 0.186 e. The zero-order valence-electron chi connectivity index (χ0n) is 14.3. The van der Waals surface area contributed by atoms with Crippen LogP contribution in [0.1, 0.15) is 42.3 Å². The Bertz CT molecular complexity index is 825. The van der Waals surface area contributed by atoms with Crippen LogP contribution < -0.4 is 4.74 Å². The van der Waals surface area contributed by atoms with E-state index in [0.717, 1.165) is 22.7 Å². The maximum absolute atomic E-state index is 12.7. The molecule has 0 saturated carbocycles. The van der Waals surface area contributed by atoms with Crippen molar-refractivity contribution in [2.75, 3.05) is 0 Å². The maximum atomic E-state index is 12.7. The fourth-order valence-corrected chi connectivity index (χ4v) is 4.36. The first-order valence-electron chi connectivity index (χ1n) is 8.09. The van der Waals surface area contributed by atoms with E-state index < -0.39 is 5.92 Å². The second-order valence-corrected chi connectivity index (χ2v) is 8.07. The van der Waals surface area contributed by atoms with Crippen LogP contribution in [0.3, 0.4) is 0 Å². The minimum atomic E-state index is -0.599. The molecule has 0 unspecified atom stereocenters. The molecule has 1 fully saturated rings. The zero-order chi connectivity index (χ0) is 18.0. The lowest BCUT2D eigenvalue weighted by molar-refractivity contribution is -0.114. The second-order valence-electron chi connectivity index (χ2n) is 5.90. The quantitative estimate of drug-likeness (QED) is 0.791. The van der Waals surface area contributed by atoms with Crippen molar-refractivity contribution in [1.82, 2.24) is 10.2 Å². The van der Waals surface area contributed by atoms with Crippen molar-refractivity contribution in [3.8, 4) is 5.75 Å². The lowest BCUT2D eigenvalue weighted by atomic mass is 10.1. The summed E-state index contributed by atoms with van der Waals surface area (Å²) in [5.41, 5.74) is 0.909. The van der Waals surface area contributed by atoms with E-state index >= 15 is 0 Å². The fraction of sp³-hybridized carbons (Fsp3) is 0.333. The number of carbonyl (C=O) groups is 1. The van der Waals surface area contributed by atoms with Crippen LogP contribution in [0.15, 0.2) is 29.2 Å². The molecule has 1 atom stereocenters. The van der Waals surface area contributed by atoms with Gasteiger partial charge in [0.05, 0.1) is 16.1 Å². The van der Waals surface area contributed by atoms with Gasteiger partial charge in [0.1, 0.15) is 21.7 Å². The van der Waals surface area contributed by atoms with Crippen molar-refractivity contribution in [2.45, 2.75) is 39.2 Å². The molecule has 0 bridgehead atoms. The van der Waals surface area contributed by atoms with Gasteiger partial charge in [0.25, 0.3) is 0 Å². The van der Waals surface area contributed by atoms with Gasteiger partial charge >= 0.3 is 0 Å². The van der Waals surface area contributed by atoms with Crippen LogP contribution in [0.4, 0.5) is 0 Å². The number of ketones is 1. The maximum Gasteiger partial charge on any atom is 0.186 e. The second kappa shape index (κ2) is 7.49. The van der Waals surface area contributed by atoms with E-state index in [0.29, 0.717) is 15.0 Å². The number of thioether (sulfide) groups is 1. The lowest BCUT2D eigenvalue weighted by Crippen LogP contribution is -2.11. The van der Waals surface area contributed by atoms with E-state index in [9.17, 15) is 4.79 Å². The number of aromatic nitrogens is 2. The third-order valence-electron chi connectivity index (χ3n) is 3.57. The highest BCUT2D eigenvalue weighted by atomic mass is 32.2. The fourth-order valence-electron chi connectivity index (χ4n) is 2.41. The van der Waals surface area contributed by atoms with E-state index in [2.05, 4.69) is 10.2 Å². The Morgan fingerprint density at radius 2 is 2.00 bits per heavy atom. The van der Waals surface area contributed by atoms with Gasteiger partial charge in [-0.15, -0.1) is 21.5 Å². The van der Waals surface area contributed by atoms with Crippen molar-refractivity contribution in [2.24, 2.45) is 0 Å². The highest BCUT2D eigenvalue weighted by Gasteiger charge is 2.39. The number of nitrogens with one attached hydrogen (secondary N) is 1. The Hall–Kier alpha value is -1.99. The van der Waals surface area contributed by atoms with E-state index in [1.165, 1.54) is 23.1 Å². The topological polar surface area (TPSA) is 75.9 Å². The minimum Gasteiger partial charge on any atom is -0.491 e. The third kappa shape index (κ3) is 3.99. The molecule has 1 aromatic carbocycles. The van der Waals surface area contributed by atoms with Crippen molar-refractivity contribution >= 4 is 40.0 Å². The molecule has 5 nitrogen and oxygen atoms in total. The molecular formula is C18H19N3O2S2. The molecule has 2 aromatic rings. The summed E-state index contributed by atoms with van der Waals surface area (Å²) < 4.78 is 5.62. The van der Waals surface area contributed by atoms with Gasteiger partial charge in [-0.2, -0.15) is 0 Å². The number of Topliss-reactive ketones (excluding diaryl/α,β-unsaturated/α-hetero) is 1. The molecule has 0 amide bonds. The van der Waals surface area contributed by atoms with Gasteiger partial charge < -0.3 is 4.74 Å². The average Bonchev–Trinajstić information content (AvgIpc) is 3.13. The molecule has 1 saturated heterocycles. The first-order chi connectivity index (χ1) is 12.0. The highest BCUT2D eigenvalue weighted by Crippen LogP contribution is 2.41. The molecule has 0 aliphatic carbocycles. The predicted molar refractivity (Wildman–Crippen MR) is 103 cm³/mol. The molecule has 1 aliphatic rings. The Labute approximate surface area is 155 Å². The summed E-state index contributed by atoms with van der Waals surface area (Å²) in [6.45, 7) is 5.96. The van der Waals surface area contributed by atoms with Gasteiger partial charge in [0.2, 0.25) is 0 Å². The minimum absolute atomic E-state index is 0.0729. The van der Waals surface area contributed by atoms with Crippen molar-refractivity contribution in [3.63, 3.8) is 0 Å². The molecule has 1 aliphatic heterocycles. The standard InChI is InChI=1S/C18H19N3O2S2/c1-4-14-20-21-18(25-14)15-16(22)13(24-17(15)19)9-11-5-7-12(8-6-11)23-10(2)3/h5-10,15,19H,4H2,1-3H3/b13-9-,19-17?/t15-/m0/s1. The summed E-state index contributed by atoms with van der Waals surface area (Å²) >= 11 is 2.62. The van der Waals surface area contributed by atoms with Crippen LogP contribution >= 0.6 is 23.1 Å². The van der Waals surface area contributed by atoms with Gasteiger partial charge in [-0.25, -0.2) is 0 Å². The molecule has 0 spiro atoms. The summed E-state index contributed by atoms with van der Waals surface area (Å²) in [7, 11) is 0. The van der Waals surface area contributed by atoms with Crippen molar-refractivity contribution < 1.29 is 9.53 Å². The van der Waals surface area contributed by atoms with Gasteiger partial charge in [-0.1, -0.05) is 30.8 Å². The summed E-state index contributed by atoms with van der Waals surface area (Å²) in [6.07, 6.45) is 2.73. The van der Waals surface area contributed by atoms with Crippen LogP contribution in [0.5, 0.6) is 5.75 Å². The molecule has 130 valence electrons. The van der Waals surface area contributed by atoms with Crippen LogP contribution in [-0.4, -0.2) is 27.1 Å². The average molecular weight is 374 g/mol. The van der Waals surface area contributed by atoms with Crippen LogP contribution in [0, 0.1) is 5.41 Å².